The summed E-state index contributed by atoms with van der Waals surface area (Å²) in [5.74, 6) is 0.0121. The van der Waals surface area contributed by atoms with Gasteiger partial charge in [-0.3, -0.25) is 9.59 Å². The third kappa shape index (κ3) is 6.79. The van der Waals surface area contributed by atoms with Gasteiger partial charge in [-0.25, -0.2) is 0 Å². The van der Waals surface area contributed by atoms with Crippen LogP contribution >= 0.6 is 0 Å². The summed E-state index contributed by atoms with van der Waals surface area (Å²) in [5, 5.41) is 11.3. The lowest BCUT2D eigenvalue weighted by atomic mass is 10.1. The average Bonchev–Trinajstić information content (AvgIpc) is 2.43. The normalized spacial score (nSPS) is 10.4. The molecule has 0 aliphatic heterocycles. The van der Waals surface area contributed by atoms with Crippen LogP contribution < -0.4 is 10.1 Å². The SMILES string of the molecule is CC(C)CCOc1ccccc1C(=O)NCCCC(=O)O. The molecule has 0 radical (unpaired) electrons. The van der Waals surface area contributed by atoms with Gasteiger partial charge in [0.05, 0.1) is 12.2 Å². The van der Waals surface area contributed by atoms with Crippen LogP contribution in [-0.4, -0.2) is 30.1 Å². The van der Waals surface area contributed by atoms with Crippen molar-refractivity contribution in [3.05, 3.63) is 29.8 Å². The van der Waals surface area contributed by atoms with E-state index in [9.17, 15) is 9.59 Å². The number of nitrogens with one attached hydrogen (secondary N) is 1. The number of aliphatic carboxylic acids is 1. The Morgan fingerprint density at radius 2 is 2.00 bits per heavy atom. The fourth-order valence-electron chi connectivity index (χ4n) is 1.72. The number of hydrogen-bond donors (Lipinski definition) is 2. The number of rotatable bonds is 9. The van der Waals surface area contributed by atoms with Gasteiger partial charge in [0.15, 0.2) is 0 Å². The molecule has 0 unspecified atom stereocenters. The lowest BCUT2D eigenvalue weighted by Gasteiger charge is -2.12. The molecule has 0 spiro atoms. The van der Waals surface area contributed by atoms with Gasteiger partial charge in [0, 0.05) is 13.0 Å². The van der Waals surface area contributed by atoms with E-state index < -0.39 is 5.97 Å². The van der Waals surface area contributed by atoms with Gasteiger partial charge < -0.3 is 15.2 Å². The molecule has 0 aliphatic rings. The smallest absolute Gasteiger partial charge is 0.303 e. The van der Waals surface area contributed by atoms with Crippen LogP contribution in [0.2, 0.25) is 0 Å². The lowest BCUT2D eigenvalue weighted by Crippen LogP contribution is -2.25. The topological polar surface area (TPSA) is 75.6 Å². The van der Waals surface area contributed by atoms with Crippen LogP contribution in [0, 0.1) is 5.92 Å². The van der Waals surface area contributed by atoms with E-state index in [1.807, 2.05) is 6.07 Å². The molecule has 116 valence electrons. The summed E-state index contributed by atoms with van der Waals surface area (Å²) in [7, 11) is 0. The Hall–Kier alpha value is -2.04. The maximum atomic E-state index is 12.1. The van der Waals surface area contributed by atoms with Crippen LogP contribution in [-0.2, 0) is 4.79 Å². The van der Waals surface area contributed by atoms with Crippen molar-refractivity contribution in [2.24, 2.45) is 5.92 Å². The van der Waals surface area contributed by atoms with Gasteiger partial charge in [-0.2, -0.15) is 0 Å². The average molecular weight is 293 g/mol. The highest BCUT2D eigenvalue weighted by molar-refractivity contribution is 5.96. The van der Waals surface area contributed by atoms with Crippen LogP contribution in [0.1, 0.15) is 43.5 Å². The number of hydrogen-bond acceptors (Lipinski definition) is 3. The Kier molecular flexibility index (Phi) is 7.29. The Balaban J connectivity index is 2.52. The number of para-hydroxylation sites is 1. The van der Waals surface area contributed by atoms with Crippen molar-refractivity contribution in [2.75, 3.05) is 13.2 Å². The molecule has 5 nitrogen and oxygen atoms in total. The zero-order valence-corrected chi connectivity index (χ0v) is 12.6. The molecule has 0 saturated carbocycles. The quantitative estimate of drug-likeness (QED) is 0.686. The van der Waals surface area contributed by atoms with E-state index >= 15 is 0 Å². The molecule has 1 rings (SSSR count). The standard InChI is InChI=1S/C16H23NO4/c1-12(2)9-11-21-14-7-4-3-6-13(14)16(20)17-10-5-8-15(18)19/h3-4,6-7,12H,5,8-11H2,1-2H3,(H,17,20)(H,18,19). The molecule has 1 aromatic carbocycles. The van der Waals surface area contributed by atoms with Gasteiger partial charge >= 0.3 is 5.97 Å². The van der Waals surface area contributed by atoms with Gasteiger partial charge in [0.25, 0.3) is 5.91 Å². The number of benzene rings is 1. The predicted molar refractivity (Wildman–Crippen MR) is 80.6 cm³/mol. The molecule has 21 heavy (non-hydrogen) atoms. The first-order chi connectivity index (χ1) is 10.0. The summed E-state index contributed by atoms with van der Waals surface area (Å²) in [5.41, 5.74) is 0.483. The fourth-order valence-corrected chi connectivity index (χ4v) is 1.72. The maximum absolute atomic E-state index is 12.1. The molecule has 0 saturated heterocycles. The van der Waals surface area contributed by atoms with Gasteiger partial charge in [-0.1, -0.05) is 26.0 Å². The van der Waals surface area contributed by atoms with Crippen molar-refractivity contribution in [1.29, 1.82) is 0 Å². The molecule has 0 atom stereocenters. The number of carboxylic acid groups (broad SMARTS) is 1. The zero-order valence-electron chi connectivity index (χ0n) is 12.6. The van der Waals surface area contributed by atoms with Crippen molar-refractivity contribution >= 4 is 11.9 Å². The first-order valence-corrected chi connectivity index (χ1v) is 7.22. The van der Waals surface area contributed by atoms with E-state index in [1.165, 1.54) is 0 Å². The van der Waals surface area contributed by atoms with E-state index in [2.05, 4.69) is 19.2 Å². The first-order valence-electron chi connectivity index (χ1n) is 7.22. The highest BCUT2D eigenvalue weighted by Crippen LogP contribution is 2.18. The highest BCUT2D eigenvalue weighted by atomic mass is 16.5. The van der Waals surface area contributed by atoms with Gasteiger partial charge in [-0.15, -0.1) is 0 Å². The maximum Gasteiger partial charge on any atom is 0.303 e. The van der Waals surface area contributed by atoms with E-state index in [0.717, 1.165) is 6.42 Å². The van der Waals surface area contributed by atoms with Crippen molar-refractivity contribution in [3.8, 4) is 5.75 Å². The first kappa shape index (κ1) is 17.0. The highest BCUT2D eigenvalue weighted by Gasteiger charge is 2.11. The van der Waals surface area contributed by atoms with Crippen LogP contribution in [0.3, 0.4) is 0 Å². The number of amides is 1. The van der Waals surface area contributed by atoms with E-state index in [0.29, 0.717) is 36.8 Å². The Labute approximate surface area is 125 Å². The number of carbonyl (C=O) groups excluding carboxylic acids is 1. The van der Waals surface area contributed by atoms with Gasteiger partial charge in [0.2, 0.25) is 0 Å². The van der Waals surface area contributed by atoms with Crippen LogP contribution in [0.15, 0.2) is 24.3 Å². The predicted octanol–water partition coefficient (Wildman–Crippen LogP) is 2.71. The molecule has 1 amide bonds. The molecular weight excluding hydrogens is 270 g/mol. The zero-order chi connectivity index (χ0) is 15.7. The van der Waals surface area contributed by atoms with Gasteiger partial charge in [0.1, 0.15) is 5.75 Å². The monoisotopic (exact) mass is 293 g/mol. The minimum absolute atomic E-state index is 0.0484. The molecule has 5 heteroatoms. The second-order valence-electron chi connectivity index (χ2n) is 5.28. The van der Waals surface area contributed by atoms with E-state index in [1.54, 1.807) is 18.2 Å². The number of ether oxygens (including phenoxy) is 1. The second kappa shape index (κ2) is 9.00. The largest absolute Gasteiger partial charge is 0.493 e. The van der Waals surface area contributed by atoms with Crippen molar-refractivity contribution in [2.45, 2.75) is 33.1 Å². The molecule has 0 aliphatic carbocycles. The molecule has 0 heterocycles. The summed E-state index contributed by atoms with van der Waals surface area (Å²) >= 11 is 0. The molecule has 0 bridgehead atoms. The molecule has 1 aromatic rings. The van der Waals surface area contributed by atoms with Crippen molar-refractivity contribution < 1.29 is 19.4 Å². The molecule has 0 aromatic heterocycles. The van der Waals surface area contributed by atoms with Crippen molar-refractivity contribution in [1.82, 2.24) is 5.32 Å². The molecular formula is C16H23NO4. The number of carbonyl (C=O) groups is 2. The Bertz CT molecular complexity index is 471. The second-order valence-corrected chi connectivity index (χ2v) is 5.28. The molecule has 0 fully saturated rings. The van der Waals surface area contributed by atoms with Crippen LogP contribution in [0.4, 0.5) is 0 Å². The summed E-state index contributed by atoms with van der Waals surface area (Å²) in [6.45, 7) is 5.14. The molecule has 2 N–H and O–H groups in total. The van der Waals surface area contributed by atoms with E-state index in [4.69, 9.17) is 9.84 Å². The summed E-state index contributed by atoms with van der Waals surface area (Å²) < 4.78 is 5.66. The van der Waals surface area contributed by atoms with E-state index in [-0.39, 0.29) is 12.3 Å². The summed E-state index contributed by atoms with van der Waals surface area (Å²) in [6.07, 6.45) is 1.39. The third-order valence-corrected chi connectivity index (χ3v) is 2.94. The van der Waals surface area contributed by atoms with Crippen LogP contribution in [0.25, 0.3) is 0 Å². The van der Waals surface area contributed by atoms with Crippen molar-refractivity contribution in [3.63, 3.8) is 0 Å². The minimum Gasteiger partial charge on any atom is -0.493 e. The Morgan fingerprint density at radius 1 is 1.29 bits per heavy atom. The number of carboxylic acids is 1. The summed E-state index contributed by atoms with van der Waals surface area (Å²) in [6, 6.07) is 7.08. The lowest BCUT2D eigenvalue weighted by molar-refractivity contribution is -0.137. The minimum atomic E-state index is -0.860. The fraction of sp³-hybridized carbons (Fsp3) is 0.500. The summed E-state index contributed by atoms with van der Waals surface area (Å²) in [4.78, 5) is 22.5. The third-order valence-electron chi connectivity index (χ3n) is 2.94. The Morgan fingerprint density at radius 3 is 2.67 bits per heavy atom. The van der Waals surface area contributed by atoms with Crippen LogP contribution in [0.5, 0.6) is 5.75 Å². The van der Waals surface area contributed by atoms with Gasteiger partial charge in [-0.05, 0) is 30.9 Å².